The lowest BCUT2D eigenvalue weighted by atomic mass is 9.86. The summed E-state index contributed by atoms with van der Waals surface area (Å²) in [6, 6.07) is 32.9. The number of nitrogens with zero attached hydrogens (tertiary/aromatic N) is 3. The minimum absolute atomic E-state index is 0.0862. The van der Waals surface area contributed by atoms with E-state index in [1.807, 2.05) is 6.07 Å². The second-order valence-corrected chi connectivity index (χ2v) is 12.9. The lowest BCUT2D eigenvalue weighted by Gasteiger charge is -2.28. The summed E-state index contributed by atoms with van der Waals surface area (Å²) in [5.74, 6) is 0. The molecule has 0 aromatic heterocycles. The van der Waals surface area contributed by atoms with Crippen LogP contribution in [-0.4, -0.2) is 0 Å². The van der Waals surface area contributed by atoms with Crippen LogP contribution in [0.25, 0.3) is 0 Å². The maximum Gasteiger partial charge on any atom is 0.101 e. The van der Waals surface area contributed by atoms with Gasteiger partial charge in [-0.05, 0) is 106 Å². The number of aryl methyl sites for hydroxylation is 1. The minimum atomic E-state index is 0.0862. The molecule has 0 bridgehead atoms. The van der Waals surface area contributed by atoms with Crippen LogP contribution in [0.1, 0.15) is 86.1 Å². The predicted molar refractivity (Wildman–Crippen MR) is 165 cm³/mol. The van der Waals surface area contributed by atoms with Crippen molar-refractivity contribution in [2.75, 3.05) is 4.90 Å². The molecule has 0 radical (unpaired) electrons. The molecule has 0 N–H and O–H groups in total. The van der Waals surface area contributed by atoms with Gasteiger partial charge in [0.15, 0.2) is 0 Å². The van der Waals surface area contributed by atoms with E-state index in [1.54, 1.807) is 6.07 Å². The Morgan fingerprint density at radius 2 is 1.10 bits per heavy atom. The predicted octanol–water partition coefficient (Wildman–Crippen LogP) is 9.18. The Morgan fingerprint density at radius 3 is 1.60 bits per heavy atom. The highest BCUT2D eigenvalue weighted by atomic mass is 15.1. The van der Waals surface area contributed by atoms with Crippen LogP contribution in [0, 0.1) is 22.7 Å². The molecule has 0 atom stereocenters. The monoisotopic (exact) mass is 523 g/mol. The summed E-state index contributed by atoms with van der Waals surface area (Å²) in [6.45, 7) is 13.5. The van der Waals surface area contributed by atoms with Gasteiger partial charge in [-0.15, -0.1) is 0 Å². The number of hydrogen-bond donors (Lipinski definition) is 0. The second-order valence-electron chi connectivity index (χ2n) is 12.9. The van der Waals surface area contributed by atoms with Crippen molar-refractivity contribution < 1.29 is 0 Å². The zero-order chi connectivity index (χ0) is 28.7. The first-order chi connectivity index (χ1) is 19.0. The van der Waals surface area contributed by atoms with Crippen LogP contribution in [0.5, 0.6) is 0 Å². The van der Waals surface area contributed by atoms with E-state index in [1.165, 1.54) is 22.3 Å². The Labute approximate surface area is 239 Å². The molecule has 4 aromatic rings. The molecule has 200 valence electrons. The van der Waals surface area contributed by atoms with Gasteiger partial charge in [0.1, 0.15) is 12.1 Å². The Balaban J connectivity index is 1.60. The van der Waals surface area contributed by atoms with Crippen LogP contribution in [0.3, 0.4) is 0 Å². The van der Waals surface area contributed by atoms with Crippen molar-refractivity contribution in [3.63, 3.8) is 0 Å². The molecule has 0 heterocycles. The highest BCUT2D eigenvalue weighted by Crippen LogP contribution is 2.39. The summed E-state index contributed by atoms with van der Waals surface area (Å²) in [7, 11) is 0. The van der Waals surface area contributed by atoms with Gasteiger partial charge < -0.3 is 4.90 Å². The van der Waals surface area contributed by atoms with E-state index in [-0.39, 0.29) is 10.8 Å². The van der Waals surface area contributed by atoms with Crippen molar-refractivity contribution in [3.8, 4) is 12.1 Å². The van der Waals surface area contributed by atoms with E-state index in [0.29, 0.717) is 11.1 Å². The fourth-order valence-electron chi connectivity index (χ4n) is 5.66. The van der Waals surface area contributed by atoms with Gasteiger partial charge in [-0.1, -0.05) is 77.9 Å². The SMILES string of the molecule is CC(C)(C)c1ccc(N(c2ccc(C(C)(C)C)cc2)c2ccc3c(c2)Cc2ccc(C#N)c(C#N)c2CC3)cc1. The number of benzene rings is 4. The maximum absolute atomic E-state index is 9.81. The van der Waals surface area contributed by atoms with E-state index in [9.17, 15) is 10.5 Å². The molecule has 0 saturated heterocycles. The van der Waals surface area contributed by atoms with Gasteiger partial charge in [0, 0.05) is 17.1 Å². The molecule has 5 rings (SSSR count). The second kappa shape index (κ2) is 10.3. The van der Waals surface area contributed by atoms with E-state index in [2.05, 4.69) is 125 Å². The van der Waals surface area contributed by atoms with E-state index in [4.69, 9.17) is 0 Å². The Bertz CT molecular complexity index is 1570. The summed E-state index contributed by atoms with van der Waals surface area (Å²) in [5.41, 5.74) is 11.9. The lowest BCUT2D eigenvalue weighted by molar-refractivity contribution is 0.590. The highest BCUT2D eigenvalue weighted by Gasteiger charge is 2.22. The van der Waals surface area contributed by atoms with Crippen LogP contribution in [-0.2, 0) is 30.1 Å². The molecular formula is C37H37N3. The number of nitriles is 2. The van der Waals surface area contributed by atoms with Crippen LogP contribution < -0.4 is 4.90 Å². The van der Waals surface area contributed by atoms with E-state index in [0.717, 1.165) is 47.5 Å². The van der Waals surface area contributed by atoms with Gasteiger partial charge in [-0.25, -0.2) is 0 Å². The van der Waals surface area contributed by atoms with Crippen molar-refractivity contribution >= 4 is 17.1 Å². The number of hydrogen-bond acceptors (Lipinski definition) is 3. The molecule has 3 nitrogen and oxygen atoms in total. The van der Waals surface area contributed by atoms with Crippen LogP contribution in [0.2, 0.25) is 0 Å². The fourth-order valence-corrected chi connectivity index (χ4v) is 5.66. The van der Waals surface area contributed by atoms with E-state index < -0.39 is 0 Å². The summed E-state index contributed by atoms with van der Waals surface area (Å²) in [4.78, 5) is 2.34. The lowest BCUT2D eigenvalue weighted by Crippen LogP contribution is -2.14. The minimum Gasteiger partial charge on any atom is -0.310 e. The molecule has 1 aliphatic rings. The summed E-state index contributed by atoms with van der Waals surface area (Å²) >= 11 is 0. The Hall–Kier alpha value is -4.34. The Morgan fingerprint density at radius 1 is 0.575 bits per heavy atom. The van der Waals surface area contributed by atoms with Crippen molar-refractivity contribution in [3.05, 3.63) is 123 Å². The quantitative estimate of drug-likeness (QED) is 0.269. The molecule has 0 saturated carbocycles. The van der Waals surface area contributed by atoms with E-state index >= 15 is 0 Å². The average Bonchev–Trinajstić information content (AvgIpc) is 3.11. The van der Waals surface area contributed by atoms with Crippen molar-refractivity contribution in [1.29, 1.82) is 10.5 Å². The molecule has 0 unspecified atom stereocenters. The molecule has 0 amide bonds. The summed E-state index contributed by atoms with van der Waals surface area (Å²) in [5, 5.41) is 19.3. The Kier molecular flexibility index (Phi) is 7.03. The number of anilines is 3. The topological polar surface area (TPSA) is 50.8 Å². The van der Waals surface area contributed by atoms with Crippen LogP contribution in [0.15, 0.2) is 78.9 Å². The molecule has 0 spiro atoms. The summed E-state index contributed by atoms with van der Waals surface area (Å²) < 4.78 is 0. The van der Waals surface area contributed by atoms with Crippen LogP contribution in [0.4, 0.5) is 17.1 Å². The zero-order valence-electron chi connectivity index (χ0n) is 24.5. The third-order valence-electron chi connectivity index (χ3n) is 8.10. The fraction of sp³-hybridized carbons (Fsp3) is 0.297. The molecule has 4 aromatic carbocycles. The van der Waals surface area contributed by atoms with Crippen LogP contribution >= 0.6 is 0 Å². The van der Waals surface area contributed by atoms with Gasteiger partial charge in [0.25, 0.3) is 0 Å². The van der Waals surface area contributed by atoms with Crippen molar-refractivity contribution in [1.82, 2.24) is 0 Å². The van der Waals surface area contributed by atoms with Gasteiger partial charge in [-0.2, -0.15) is 10.5 Å². The van der Waals surface area contributed by atoms with Crippen molar-refractivity contribution in [2.24, 2.45) is 0 Å². The largest absolute Gasteiger partial charge is 0.310 e. The number of rotatable bonds is 3. The highest BCUT2D eigenvalue weighted by molar-refractivity contribution is 5.77. The number of fused-ring (bicyclic) bond motifs is 2. The molecule has 40 heavy (non-hydrogen) atoms. The van der Waals surface area contributed by atoms with Gasteiger partial charge in [0.05, 0.1) is 11.1 Å². The first kappa shape index (κ1) is 27.2. The standard InChI is InChI=1S/C37H37N3/c1-36(2,3)29-11-16-31(17-12-29)40(32-18-13-30(14-19-32)37(4,5)6)33-15-9-25-10-20-34-26(21-28(25)22-33)7-8-27(23-38)35(34)24-39/h7-9,11-19,22H,10,20-21H2,1-6H3. The first-order valence-corrected chi connectivity index (χ1v) is 14.1. The smallest absolute Gasteiger partial charge is 0.101 e. The molecule has 1 aliphatic carbocycles. The molecule has 0 fully saturated rings. The summed E-state index contributed by atoms with van der Waals surface area (Å²) in [6.07, 6.45) is 2.37. The van der Waals surface area contributed by atoms with Gasteiger partial charge >= 0.3 is 0 Å². The molecule has 3 heteroatoms. The molecule has 0 aliphatic heterocycles. The van der Waals surface area contributed by atoms with Crippen molar-refractivity contribution in [2.45, 2.75) is 71.6 Å². The van der Waals surface area contributed by atoms with Gasteiger partial charge in [0.2, 0.25) is 0 Å². The zero-order valence-corrected chi connectivity index (χ0v) is 24.5. The van der Waals surface area contributed by atoms with Gasteiger partial charge in [-0.3, -0.25) is 0 Å². The molecular weight excluding hydrogens is 486 g/mol. The normalized spacial score (nSPS) is 12.9. The first-order valence-electron chi connectivity index (χ1n) is 14.1. The average molecular weight is 524 g/mol. The third kappa shape index (κ3) is 5.25. The third-order valence-corrected chi connectivity index (χ3v) is 8.10. The maximum atomic E-state index is 9.81.